The van der Waals surface area contributed by atoms with Crippen LogP contribution in [0, 0.1) is 6.92 Å². The Labute approximate surface area is 157 Å². The molecule has 2 aromatic carbocycles. The van der Waals surface area contributed by atoms with Gasteiger partial charge in [0.15, 0.2) is 17.3 Å². The highest BCUT2D eigenvalue weighted by Crippen LogP contribution is 2.32. The fourth-order valence-electron chi connectivity index (χ4n) is 3.00. The number of fused-ring (bicyclic) bond motifs is 1. The molecule has 4 rings (SSSR count). The molecule has 0 bridgehead atoms. The molecule has 1 aliphatic heterocycles. The van der Waals surface area contributed by atoms with E-state index in [1.165, 1.54) is 5.56 Å². The van der Waals surface area contributed by atoms with Crippen LogP contribution in [0.2, 0.25) is 0 Å². The van der Waals surface area contributed by atoms with Gasteiger partial charge >= 0.3 is 0 Å². The highest BCUT2D eigenvalue weighted by atomic mass is 16.7. The summed E-state index contributed by atoms with van der Waals surface area (Å²) in [5.41, 5.74) is 4.48. The summed E-state index contributed by atoms with van der Waals surface area (Å²) < 4.78 is 10.7. The van der Waals surface area contributed by atoms with Crippen molar-refractivity contribution in [3.8, 4) is 11.5 Å². The lowest BCUT2D eigenvalue weighted by molar-refractivity contribution is 0.174. The van der Waals surface area contributed by atoms with Crippen LogP contribution >= 0.6 is 0 Å². The zero-order chi connectivity index (χ0) is 18.6. The number of aromatic nitrogens is 3. The van der Waals surface area contributed by atoms with E-state index in [9.17, 15) is 0 Å². The van der Waals surface area contributed by atoms with Gasteiger partial charge in [0.2, 0.25) is 12.7 Å². The van der Waals surface area contributed by atoms with Gasteiger partial charge in [-0.05, 0) is 42.2 Å². The molecule has 7 heteroatoms. The number of aryl methyl sites for hydroxylation is 2. The lowest BCUT2D eigenvalue weighted by Crippen LogP contribution is -2.07. The molecule has 2 N–H and O–H groups in total. The normalized spacial score (nSPS) is 12.1. The summed E-state index contributed by atoms with van der Waals surface area (Å²) in [7, 11) is 0. The Bertz CT molecular complexity index is 961. The average molecular weight is 363 g/mol. The maximum absolute atomic E-state index is 5.41. The minimum absolute atomic E-state index is 0.274. The first-order chi connectivity index (χ1) is 13.2. The monoisotopic (exact) mass is 363 g/mol. The van der Waals surface area contributed by atoms with Crippen LogP contribution in [0.25, 0.3) is 0 Å². The molecule has 1 aliphatic rings. The van der Waals surface area contributed by atoms with Gasteiger partial charge in [-0.2, -0.15) is 10.1 Å². The lowest BCUT2D eigenvalue weighted by atomic mass is 10.1. The Morgan fingerprint density at radius 3 is 2.89 bits per heavy atom. The maximum atomic E-state index is 5.41. The Balaban J connectivity index is 1.47. The standard InChI is InChI=1S/C20H21N5O2/c1-3-15-6-4-5-13(2)19(15)24-20-23-18(11-22-25-20)21-10-14-7-8-16-17(9-14)27-12-26-16/h4-9,11H,3,10,12H2,1-2H3,(H2,21,23,24,25). The van der Waals surface area contributed by atoms with Crippen molar-refractivity contribution in [1.82, 2.24) is 15.2 Å². The van der Waals surface area contributed by atoms with Crippen LogP contribution in [-0.2, 0) is 13.0 Å². The summed E-state index contributed by atoms with van der Waals surface area (Å²) in [6.07, 6.45) is 2.54. The number of hydrogen-bond acceptors (Lipinski definition) is 7. The molecule has 2 heterocycles. The number of hydrogen-bond donors (Lipinski definition) is 2. The molecule has 0 aliphatic carbocycles. The van der Waals surface area contributed by atoms with Gasteiger partial charge in [-0.15, -0.1) is 5.10 Å². The molecular weight excluding hydrogens is 342 g/mol. The van der Waals surface area contributed by atoms with Gasteiger partial charge in [-0.25, -0.2) is 0 Å². The van der Waals surface area contributed by atoms with Crippen molar-refractivity contribution in [3.63, 3.8) is 0 Å². The quantitative estimate of drug-likeness (QED) is 0.689. The molecule has 0 radical (unpaired) electrons. The number of ether oxygens (including phenoxy) is 2. The molecular formula is C20H21N5O2. The highest BCUT2D eigenvalue weighted by molar-refractivity contribution is 5.63. The van der Waals surface area contributed by atoms with Crippen molar-refractivity contribution < 1.29 is 9.47 Å². The minimum Gasteiger partial charge on any atom is -0.454 e. The van der Waals surface area contributed by atoms with Crippen LogP contribution in [-0.4, -0.2) is 22.0 Å². The van der Waals surface area contributed by atoms with E-state index in [2.05, 4.69) is 57.9 Å². The molecule has 0 spiro atoms. The predicted octanol–water partition coefficient (Wildman–Crippen LogP) is 3.83. The summed E-state index contributed by atoms with van der Waals surface area (Å²) in [6.45, 7) is 5.06. The SMILES string of the molecule is CCc1cccc(C)c1Nc1nncc(NCc2ccc3c(c2)OCO3)n1. The van der Waals surface area contributed by atoms with Gasteiger partial charge < -0.3 is 20.1 Å². The summed E-state index contributed by atoms with van der Waals surface area (Å²) in [6, 6.07) is 12.1. The average Bonchev–Trinajstić information content (AvgIpc) is 3.16. The van der Waals surface area contributed by atoms with E-state index in [1.807, 2.05) is 18.2 Å². The second kappa shape index (κ2) is 7.49. The Kier molecular flexibility index (Phi) is 4.74. The third kappa shape index (κ3) is 3.76. The van der Waals surface area contributed by atoms with Gasteiger partial charge in [-0.3, -0.25) is 0 Å². The number of nitrogens with zero attached hydrogens (tertiary/aromatic N) is 3. The van der Waals surface area contributed by atoms with Crippen LogP contribution in [0.5, 0.6) is 11.5 Å². The van der Waals surface area contributed by atoms with Crippen LogP contribution in [0.4, 0.5) is 17.5 Å². The van der Waals surface area contributed by atoms with Crippen LogP contribution in [0.1, 0.15) is 23.6 Å². The van der Waals surface area contributed by atoms with E-state index in [1.54, 1.807) is 6.20 Å². The number of anilines is 3. The van der Waals surface area contributed by atoms with Gasteiger partial charge in [0.05, 0.1) is 6.20 Å². The molecule has 27 heavy (non-hydrogen) atoms. The van der Waals surface area contributed by atoms with E-state index in [0.717, 1.165) is 34.7 Å². The molecule has 0 atom stereocenters. The smallest absolute Gasteiger partial charge is 0.249 e. The van der Waals surface area contributed by atoms with Crippen LogP contribution in [0.15, 0.2) is 42.6 Å². The van der Waals surface area contributed by atoms with Crippen LogP contribution in [0.3, 0.4) is 0 Å². The summed E-state index contributed by atoms with van der Waals surface area (Å²) in [5, 5.41) is 14.7. The summed E-state index contributed by atoms with van der Waals surface area (Å²) in [4.78, 5) is 4.52. The van der Waals surface area contributed by atoms with E-state index >= 15 is 0 Å². The van der Waals surface area contributed by atoms with Crippen molar-refractivity contribution in [3.05, 3.63) is 59.3 Å². The summed E-state index contributed by atoms with van der Waals surface area (Å²) in [5.74, 6) is 2.66. The first-order valence-corrected chi connectivity index (χ1v) is 8.90. The minimum atomic E-state index is 0.274. The van der Waals surface area contributed by atoms with Gasteiger partial charge in [0.1, 0.15) is 0 Å². The van der Waals surface area contributed by atoms with Crippen molar-refractivity contribution in [1.29, 1.82) is 0 Å². The second-order valence-electron chi connectivity index (χ2n) is 6.29. The molecule has 3 aromatic rings. The fraction of sp³-hybridized carbons (Fsp3) is 0.250. The predicted molar refractivity (Wildman–Crippen MR) is 104 cm³/mol. The zero-order valence-electron chi connectivity index (χ0n) is 15.3. The topological polar surface area (TPSA) is 81.2 Å². The molecule has 0 fully saturated rings. The molecule has 7 nitrogen and oxygen atoms in total. The Hall–Kier alpha value is -3.35. The molecule has 138 valence electrons. The van der Waals surface area contributed by atoms with Gasteiger partial charge in [0, 0.05) is 12.2 Å². The molecule has 0 saturated heterocycles. The van der Waals surface area contributed by atoms with E-state index in [-0.39, 0.29) is 6.79 Å². The number of nitrogens with one attached hydrogen (secondary N) is 2. The van der Waals surface area contributed by atoms with Crippen molar-refractivity contribution >= 4 is 17.5 Å². The summed E-state index contributed by atoms with van der Waals surface area (Å²) >= 11 is 0. The van der Waals surface area contributed by atoms with E-state index < -0.39 is 0 Å². The second-order valence-corrected chi connectivity index (χ2v) is 6.29. The van der Waals surface area contributed by atoms with Crippen molar-refractivity contribution in [2.45, 2.75) is 26.8 Å². The third-order valence-corrected chi connectivity index (χ3v) is 4.45. The van der Waals surface area contributed by atoms with Crippen molar-refractivity contribution in [2.24, 2.45) is 0 Å². The first kappa shape index (κ1) is 17.1. The highest BCUT2D eigenvalue weighted by Gasteiger charge is 2.13. The number of para-hydroxylation sites is 1. The fourth-order valence-corrected chi connectivity index (χ4v) is 3.00. The Morgan fingerprint density at radius 1 is 1.11 bits per heavy atom. The van der Waals surface area contributed by atoms with Crippen molar-refractivity contribution in [2.75, 3.05) is 17.4 Å². The molecule has 0 amide bonds. The third-order valence-electron chi connectivity index (χ3n) is 4.45. The molecule has 0 unspecified atom stereocenters. The van der Waals surface area contributed by atoms with E-state index in [0.29, 0.717) is 18.3 Å². The molecule has 1 aromatic heterocycles. The van der Waals surface area contributed by atoms with Gasteiger partial charge in [-0.1, -0.05) is 31.2 Å². The Morgan fingerprint density at radius 2 is 2.00 bits per heavy atom. The lowest BCUT2D eigenvalue weighted by Gasteiger charge is -2.13. The van der Waals surface area contributed by atoms with E-state index in [4.69, 9.17) is 9.47 Å². The largest absolute Gasteiger partial charge is 0.454 e. The van der Waals surface area contributed by atoms with Crippen LogP contribution < -0.4 is 20.1 Å². The maximum Gasteiger partial charge on any atom is 0.249 e. The number of rotatable bonds is 6. The number of benzene rings is 2. The van der Waals surface area contributed by atoms with Gasteiger partial charge in [0.25, 0.3) is 0 Å². The zero-order valence-corrected chi connectivity index (χ0v) is 15.3. The first-order valence-electron chi connectivity index (χ1n) is 8.90. The molecule has 0 saturated carbocycles.